The maximum atomic E-state index is 12.8. The van der Waals surface area contributed by atoms with E-state index in [0.29, 0.717) is 21.4 Å². The van der Waals surface area contributed by atoms with Crippen molar-refractivity contribution in [3.8, 4) is 5.75 Å². The average Bonchev–Trinajstić information content (AvgIpc) is 2.45. The Morgan fingerprint density at radius 2 is 1.57 bits per heavy atom. The minimum absolute atomic E-state index is 0.321. The molecule has 0 aliphatic carbocycles. The van der Waals surface area contributed by atoms with Crippen molar-refractivity contribution in [2.75, 3.05) is 11.8 Å². The van der Waals surface area contributed by atoms with E-state index in [2.05, 4.69) is 4.72 Å². The Morgan fingerprint density at radius 3 is 2.04 bits per heavy atom. The van der Waals surface area contributed by atoms with E-state index >= 15 is 0 Å². The van der Waals surface area contributed by atoms with Crippen LogP contribution >= 0.6 is 11.6 Å². The van der Waals surface area contributed by atoms with Gasteiger partial charge in [-0.05, 0) is 68.1 Å². The third-order valence-corrected chi connectivity index (χ3v) is 5.92. The summed E-state index contributed by atoms with van der Waals surface area (Å²) in [5.41, 5.74) is 3.79. The fraction of sp³-hybridized carbons (Fsp3) is 0.294. The number of benzene rings is 2. The minimum atomic E-state index is -3.71. The molecule has 1 N–H and O–H groups in total. The number of aryl methyl sites for hydroxylation is 2. The predicted octanol–water partition coefficient (Wildman–Crippen LogP) is 4.38. The van der Waals surface area contributed by atoms with E-state index in [0.717, 1.165) is 22.3 Å². The normalized spacial score (nSPS) is 11.4. The number of sulfonamides is 1. The van der Waals surface area contributed by atoms with Gasteiger partial charge in [-0.1, -0.05) is 17.7 Å². The first-order chi connectivity index (χ1) is 10.7. The van der Waals surface area contributed by atoms with Crippen LogP contribution in [0.25, 0.3) is 0 Å². The van der Waals surface area contributed by atoms with Crippen LogP contribution in [0.3, 0.4) is 0 Å². The summed E-state index contributed by atoms with van der Waals surface area (Å²) in [5.74, 6) is 0.494. The van der Waals surface area contributed by atoms with Crippen LogP contribution in [-0.4, -0.2) is 15.5 Å². The minimum Gasteiger partial charge on any atom is -0.495 e. The number of methoxy groups -OCH3 is 1. The molecule has 2 rings (SSSR count). The van der Waals surface area contributed by atoms with Crippen LogP contribution in [0.2, 0.25) is 5.02 Å². The summed E-state index contributed by atoms with van der Waals surface area (Å²) < 4.78 is 33.3. The summed E-state index contributed by atoms with van der Waals surface area (Å²) in [5, 5.41) is 0.349. The first-order valence-corrected chi connectivity index (χ1v) is 8.97. The fourth-order valence-corrected chi connectivity index (χ4v) is 4.45. The van der Waals surface area contributed by atoms with Gasteiger partial charge in [-0.3, -0.25) is 4.72 Å². The summed E-state index contributed by atoms with van der Waals surface area (Å²) >= 11 is 6.06. The van der Waals surface area contributed by atoms with Gasteiger partial charge in [-0.15, -0.1) is 0 Å². The molecule has 0 fully saturated rings. The van der Waals surface area contributed by atoms with Crippen molar-refractivity contribution in [1.82, 2.24) is 0 Å². The zero-order valence-corrected chi connectivity index (χ0v) is 15.4. The molecule has 0 amide bonds. The quantitative estimate of drug-likeness (QED) is 0.887. The van der Waals surface area contributed by atoms with Crippen LogP contribution in [0.5, 0.6) is 5.75 Å². The Balaban J connectivity index is 2.50. The first kappa shape index (κ1) is 17.6. The van der Waals surface area contributed by atoms with Crippen molar-refractivity contribution in [1.29, 1.82) is 0 Å². The van der Waals surface area contributed by atoms with Crippen LogP contribution in [-0.2, 0) is 10.0 Å². The lowest BCUT2D eigenvalue weighted by Gasteiger charge is -2.17. The van der Waals surface area contributed by atoms with E-state index in [1.807, 2.05) is 33.8 Å². The Morgan fingerprint density at radius 1 is 1.00 bits per heavy atom. The summed E-state index contributed by atoms with van der Waals surface area (Å²) in [6.07, 6.45) is 0. The number of nitrogens with one attached hydrogen (secondary N) is 1. The topological polar surface area (TPSA) is 55.4 Å². The van der Waals surface area contributed by atoms with Gasteiger partial charge in [0.25, 0.3) is 10.0 Å². The van der Waals surface area contributed by atoms with E-state index < -0.39 is 10.0 Å². The van der Waals surface area contributed by atoms with E-state index in [9.17, 15) is 8.42 Å². The Labute approximate surface area is 142 Å². The molecule has 0 radical (unpaired) electrons. The lowest BCUT2D eigenvalue weighted by molar-refractivity contribution is 0.415. The second kappa shape index (κ2) is 6.42. The highest BCUT2D eigenvalue weighted by molar-refractivity contribution is 7.92. The lowest BCUT2D eigenvalue weighted by atomic mass is 10.0. The van der Waals surface area contributed by atoms with Crippen molar-refractivity contribution in [3.05, 3.63) is 51.5 Å². The number of hydrogen-bond donors (Lipinski definition) is 1. The van der Waals surface area contributed by atoms with E-state index in [4.69, 9.17) is 16.3 Å². The zero-order chi connectivity index (χ0) is 17.4. The largest absolute Gasteiger partial charge is 0.495 e. The smallest absolute Gasteiger partial charge is 0.262 e. The van der Waals surface area contributed by atoms with Crippen LogP contribution in [0.15, 0.2) is 29.2 Å². The van der Waals surface area contributed by atoms with Crippen LogP contribution in [0.1, 0.15) is 22.3 Å². The third kappa shape index (κ3) is 3.46. The lowest BCUT2D eigenvalue weighted by Crippen LogP contribution is -2.17. The standard InChI is InChI=1S/C17H20ClNO3S/c1-10-8-11(2)13(4)17(12(10)3)23(20,21)19-14-6-7-16(22-5)15(18)9-14/h6-9,19H,1-5H3. The highest BCUT2D eigenvalue weighted by atomic mass is 35.5. The van der Waals surface area contributed by atoms with Crippen molar-refractivity contribution in [3.63, 3.8) is 0 Å². The molecule has 0 aromatic heterocycles. The van der Waals surface area contributed by atoms with Crippen molar-refractivity contribution in [2.45, 2.75) is 32.6 Å². The molecule has 0 spiro atoms. The molecule has 6 heteroatoms. The molecular formula is C17H20ClNO3S. The van der Waals surface area contributed by atoms with E-state index in [1.165, 1.54) is 13.2 Å². The average molecular weight is 354 g/mol. The van der Waals surface area contributed by atoms with Crippen molar-refractivity contribution < 1.29 is 13.2 Å². The highest BCUT2D eigenvalue weighted by Crippen LogP contribution is 2.31. The third-order valence-electron chi connectivity index (χ3n) is 3.97. The molecule has 0 bridgehead atoms. The summed E-state index contributed by atoms with van der Waals surface area (Å²) in [6, 6.07) is 6.77. The second-order valence-electron chi connectivity index (χ2n) is 5.54. The van der Waals surface area contributed by atoms with Gasteiger partial charge in [-0.2, -0.15) is 0 Å². The highest BCUT2D eigenvalue weighted by Gasteiger charge is 2.22. The molecule has 0 aliphatic rings. The van der Waals surface area contributed by atoms with Gasteiger partial charge < -0.3 is 4.74 Å². The van der Waals surface area contributed by atoms with Crippen molar-refractivity contribution in [2.24, 2.45) is 0 Å². The number of hydrogen-bond acceptors (Lipinski definition) is 3. The van der Waals surface area contributed by atoms with Gasteiger partial charge in [0.15, 0.2) is 0 Å². The van der Waals surface area contributed by atoms with Gasteiger partial charge in [0.2, 0.25) is 0 Å². The first-order valence-electron chi connectivity index (χ1n) is 7.11. The van der Waals surface area contributed by atoms with E-state index in [1.54, 1.807) is 12.1 Å². The van der Waals surface area contributed by atoms with Gasteiger partial charge >= 0.3 is 0 Å². The molecule has 4 nitrogen and oxygen atoms in total. The molecule has 0 aliphatic heterocycles. The number of halogens is 1. The summed E-state index contributed by atoms with van der Waals surface area (Å²) in [7, 11) is -2.20. The molecule has 0 unspecified atom stereocenters. The molecule has 124 valence electrons. The number of ether oxygens (including phenoxy) is 1. The maximum Gasteiger partial charge on any atom is 0.262 e. The SMILES string of the molecule is COc1ccc(NS(=O)(=O)c2c(C)c(C)cc(C)c2C)cc1Cl. The maximum absolute atomic E-state index is 12.8. The van der Waals surface area contributed by atoms with Crippen LogP contribution < -0.4 is 9.46 Å². The van der Waals surface area contributed by atoms with Gasteiger partial charge in [0.1, 0.15) is 5.75 Å². The van der Waals surface area contributed by atoms with E-state index in [-0.39, 0.29) is 0 Å². The summed E-state index contributed by atoms with van der Waals surface area (Å²) in [6.45, 7) is 7.45. The molecule has 0 saturated carbocycles. The van der Waals surface area contributed by atoms with Gasteiger partial charge in [0.05, 0.1) is 22.7 Å². The van der Waals surface area contributed by atoms with Gasteiger partial charge in [0, 0.05) is 0 Å². The molecule has 0 saturated heterocycles. The Kier molecular flexibility index (Phi) is 4.92. The predicted molar refractivity (Wildman–Crippen MR) is 94.2 cm³/mol. The molecule has 2 aromatic rings. The molecule has 0 heterocycles. The van der Waals surface area contributed by atoms with Crippen LogP contribution in [0.4, 0.5) is 5.69 Å². The monoisotopic (exact) mass is 353 g/mol. The number of anilines is 1. The molecule has 23 heavy (non-hydrogen) atoms. The Hall–Kier alpha value is -1.72. The fourth-order valence-electron chi connectivity index (χ4n) is 2.52. The molecule has 0 atom stereocenters. The van der Waals surface area contributed by atoms with Crippen molar-refractivity contribution >= 4 is 27.3 Å². The second-order valence-corrected chi connectivity index (χ2v) is 7.57. The Bertz CT molecular complexity index is 834. The zero-order valence-electron chi connectivity index (χ0n) is 13.8. The summed E-state index contributed by atoms with van der Waals surface area (Å²) in [4.78, 5) is 0.321. The molecule has 2 aromatic carbocycles. The van der Waals surface area contributed by atoms with Crippen LogP contribution in [0, 0.1) is 27.7 Å². The number of rotatable bonds is 4. The molecular weight excluding hydrogens is 334 g/mol. The van der Waals surface area contributed by atoms with Gasteiger partial charge in [-0.25, -0.2) is 8.42 Å².